The van der Waals surface area contributed by atoms with E-state index in [9.17, 15) is 9.59 Å². The summed E-state index contributed by atoms with van der Waals surface area (Å²) in [5.41, 5.74) is 0.235. The first kappa shape index (κ1) is 14.0. The molecule has 6 atom stereocenters. The summed E-state index contributed by atoms with van der Waals surface area (Å²) in [6, 6.07) is 0. The van der Waals surface area contributed by atoms with Crippen molar-refractivity contribution in [3.05, 3.63) is 0 Å². The van der Waals surface area contributed by atoms with Crippen LogP contribution in [0.3, 0.4) is 0 Å². The molecular formula is C19H28O2. The Morgan fingerprint density at radius 1 is 1.00 bits per heavy atom. The van der Waals surface area contributed by atoms with E-state index < -0.39 is 0 Å². The van der Waals surface area contributed by atoms with Crippen LogP contribution in [-0.4, -0.2) is 11.6 Å². The van der Waals surface area contributed by atoms with Crippen LogP contribution in [0.15, 0.2) is 0 Å². The average Bonchev–Trinajstić information content (AvgIpc) is 2.71. The van der Waals surface area contributed by atoms with Crippen molar-refractivity contribution in [3.63, 3.8) is 0 Å². The van der Waals surface area contributed by atoms with E-state index in [2.05, 4.69) is 13.8 Å². The van der Waals surface area contributed by atoms with Crippen molar-refractivity contribution >= 4 is 11.6 Å². The Morgan fingerprint density at radius 3 is 2.62 bits per heavy atom. The summed E-state index contributed by atoms with van der Waals surface area (Å²) in [6.45, 7) is 4.62. The third-order valence-corrected chi connectivity index (χ3v) is 7.82. The van der Waals surface area contributed by atoms with Crippen molar-refractivity contribution in [2.45, 2.75) is 71.6 Å². The molecule has 0 aromatic rings. The van der Waals surface area contributed by atoms with Gasteiger partial charge < -0.3 is 0 Å². The fourth-order valence-electron chi connectivity index (χ4n) is 6.92. The summed E-state index contributed by atoms with van der Waals surface area (Å²) in [5, 5.41) is 0. The normalized spacial score (nSPS) is 53.0. The fraction of sp³-hybridized carbons (Fsp3) is 0.895. The average molecular weight is 288 g/mol. The zero-order valence-corrected chi connectivity index (χ0v) is 13.5. The van der Waals surface area contributed by atoms with E-state index in [1.165, 1.54) is 38.5 Å². The Morgan fingerprint density at radius 2 is 1.81 bits per heavy atom. The first-order chi connectivity index (χ1) is 9.94. The van der Waals surface area contributed by atoms with Gasteiger partial charge in [-0.2, -0.15) is 0 Å². The molecule has 4 aliphatic rings. The van der Waals surface area contributed by atoms with Crippen LogP contribution in [0.4, 0.5) is 0 Å². The highest BCUT2D eigenvalue weighted by atomic mass is 16.1. The van der Waals surface area contributed by atoms with Crippen molar-refractivity contribution in [2.24, 2.45) is 34.5 Å². The molecule has 21 heavy (non-hydrogen) atoms. The molecular weight excluding hydrogens is 260 g/mol. The van der Waals surface area contributed by atoms with E-state index in [1.807, 2.05) is 0 Å². The van der Waals surface area contributed by atoms with E-state index >= 15 is 0 Å². The quantitative estimate of drug-likeness (QED) is 0.670. The summed E-state index contributed by atoms with van der Waals surface area (Å²) in [6.07, 6.45) is 9.80. The topological polar surface area (TPSA) is 34.1 Å². The number of carbonyl (C=O) groups is 2. The summed E-state index contributed by atoms with van der Waals surface area (Å²) in [5.74, 6) is 2.93. The molecule has 0 aromatic carbocycles. The van der Waals surface area contributed by atoms with Gasteiger partial charge in [-0.1, -0.05) is 26.7 Å². The molecule has 0 aliphatic heterocycles. The third-order valence-electron chi connectivity index (χ3n) is 7.82. The number of hydrogen-bond acceptors (Lipinski definition) is 2. The third kappa shape index (κ3) is 1.83. The van der Waals surface area contributed by atoms with Crippen LogP contribution in [0.5, 0.6) is 0 Å². The molecule has 0 amide bonds. The van der Waals surface area contributed by atoms with Crippen LogP contribution in [0, 0.1) is 34.5 Å². The molecule has 2 nitrogen and oxygen atoms in total. The van der Waals surface area contributed by atoms with Crippen molar-refractivity contribution in [3.8, 4) is 0 Å². The number of hydrogen-bond donors (Lipinski definition) is 0. The lowest BCUT2D eigenvalue weighted by Crippen LogP contribution is -2.55. The highest BCUT2D eigenvalue weighted by Gasteiger charge is 2.61. The maximum absolute atomic E-state index is 13.0. The molecule has 0 radical (unpaired) electrons. The minimum atomic E-state index is -0.00675. The molecule has 4 fully saturated rings. The molecule has 0 saturated heterocycles. The molecule has 0 heterocycles. The SMILES string of the molecule is C[C@]12CC(=O)C[C@@H]1[C@@H]1CC[C@H]3CCCC[C@]3(C)[C@@H]1C(=O)C2. The first-order valence-electron chi connectivity index (χ1n) is 8.98. The van der Waals surface area contributed by atoms with Crippen molar-refractivity contribution in [1.29, 1.82) is 0 Å². The number of Topliss-reactive ketones (excluding diaryl/α,β-unsaturated/α-hetero) is 2. The number of fused-ring (bicyclic) bond motifs is 5. The number of carbonyl (C=O) groups excluding carboxylic acids is 2. The Balaban J connectivity index is 1.72. The molecule has 4 rings (SSSR count). The second-order valence-corrected chi connectivity index (χ2v) is 8.99. The Hall–Kier alpha value is -0.660. The smallest absolute Gasteiger partial charge is 0.137 e. The zero-order chi connectivity index (χ0) is 14.8. The summed E-state index contributed by atoms with van der Waals surface area (Å²) in [4.78, 5) is 25.1. The summed E-state index contributed by atoms with van der Waals surface area (Å²) < 4.78 is 0. The van der Waals surface area contributed by atoms with Gasteiger partial charge in [-0.15, -0.1) is 0 Å². The highest BCUT2D eigenvalue weighted by molar-refractivity contribution is 5.89. The molecule has 4 aliphatic carbocycles. The van der Waals surface area contributed by atoms with Crippen LogP contribution >= 0.6 is 0 Å². The van der Waals surface area contributed by atoms with Crippen LogP contribution in [-0.2, 0) is 9.59 Å². The molecule has 0 unspecified atom stereocenters. The largest absolute Gasteiger partial charge is 0.300 e. The Kier molecular flexibility index (Phi) is 2.94. The lowest BCUT2D eigenvalue weighted by atomic mass is 9.45. The van der Waals surface area contributed by atoms with Gasteiger partial charge in [-0.3, -0.25) is 9.59 Å². The molecule has 0 N–H and O–H groups in total. The van der Waals surface area contributed by atoms with E-state index in [0.29, 0.717) is 36.2 Å². The zero-order valence-electron chi connectivity index (χ0n) is 13.5. The van der Waals surface area contributed by atoms with Crippen LogP contribution < -0.4 is 0 Å². The van der Waals surface area contributed by atoms with Gasteiger partial charge in [0, 0.05) is 25.2 Å². The molecule has 0 spiro atoms. The minimum absolute atomic E-state index is 0.00675. The lowest BCUT2D eigenvalue weighted by Gasteiger charge is -2.58. The van der Waals surface area contributed by atoms with Gasteiger partial charge in [0.1, 0.15) is 11.6 Å². The molecule has 116 valence electrons. The second kappa shape index (κ2) is 4.43. The number of rotatable bonds is 0. The number of ketones is 2. The maximum Gasteiger partial charge on any atom is 0.137 e. The summed E-state index contributed by atoms with van der Waals surface area (Å²) >= 11 is 0. The van der Waals surface area contributed by atoms with Gasteiger partial charge in [0.2, 0.25) is 0 Å². The van der Waals surface area contributed by atoms with Gasteiger partial charge in [-0.25, -0.2) is 0 Å². The molecule has 4 saturated carbocycles. The van der Waals surface area contributed by atoms with Gasteiger partial charge in [0.25, 0.3) is 0 Å². The minimum Gasteiger partial charge on any atom is -0.300 e. The van der Waals surface area contributed by atoms with Crippen LogP contribution in [0.25, 0.3) is 0 Å². The maximum atomic E-state index is 13.0. The predicted molar refractivity (Wildman–Crippen MR) is 81.7 cm³/mol. The molecule has 0 bridgehead atoms. The van der Waals surface area contributed by atoms with E-state index in [1.54, 1.807) is 0 Å². The Bertz CT molecular complexity index is 496. The van der Waals surface area contributed by atoms with Crippen LogP contribution in [0.2, 0.25) is 0 Å². The van der Waals surface area contributed by atoms with E-state index in [4.69, 9.17) is 0 Å². The van der Waals surface area contributed by atoms with Gasteiger partial charge >= 0.3 is 0 Å². The predicted octanol–water partition coefficient (Wildman–Crippen LogP) is 4.17. The standard InChI is InChI=1S/C19H28O2/c1-18-10-13(20)9-15(18)14-7-6-12-5-3-4-8-19(12,2)17(14)16(21)11-18/h12,14-15,17H,3-11H2,1-2H3/t12-,14+,15-,17+,18-,19+/m1/s1. The van der Waals surface area contributed by atoms with E-state index in [0.717, 1.165) is 12.3 Å². The van der Waals surface area contributed by atoms with Gasteiger partial charge in [0.15, 0.2) is 0 Å². The first-order valence-corrected chi connectivity index (χ1v) is 8.98. The lowest BCUT2D eigenvalue weighted by molar-refractivity contribution is -0.155. The highest BCUT2D eigenvalue weighted by Crippen LogP contribution is 2.64. The van der Waals surface area contributed by atoms with Gasteiger partial charge in [0.05, 0.1) is 0 Å². The monoisotopic (exact) mass is 288 g/mol. The van der Waals surface area contributed by atoms with Crippen molar-refractivity contribution in [1.82, 2.24) is 0 Å². The van der Waals surface area contributed by atoms with Gasteiger partial charge in [-0.05, 0) is 54.3 Å². The van der Waals surface area contributed by atoms with Crippen molar-refractivity contribution in [2.75, 3.05) is 0 Å². The Labute approximate surface area is 128 Å². The van der Waals surface area contributed by atoms with Crippen molar-refractivity contribution < 1.29 is 9.59 Å². The fourth-order valence-corrected chi connectivity index (χ4v) is 6.92. The second-order valence-electron chi connectivity index (χ2n) is 8.99. The molecule has 2 heteroatoms. The summed E-state index contributed by atoms with van der Waals surface area (Å²) in [7, 11) is 0. The molecule has 0 aromatic heterocycles. The van der Waals surface area contributed by atoms with E-state index in [-0.39, 0.29) is 16.7 Å². The van der Waals surface area contributed by atoms with Crippen LogP contribution in [0.1, 0.15) is 71.6 Å².